The van der Waals surface area contributed by atoms with Gasteiger partial charge in [-0.15, -0.1) is 12.4 Å². The molecule has 0 amide bonds. The van der Waals surface area contributed by atoms with Crippen molar-refractivity contribution in [3.05, 3.63) is 28.0 Å². The van der Waals surface area contributed by atoms with Gasteiger partial charge in [-0.1, -0.05) is 23.2 Å². The summed E-state index contributed by atoms with van der Waals surface area (Å²) in [6.07, 6.45) is 0. The molecule has 0 aromatic carbocycles. The van der Waals surface area contributed by atoms with Crippen molar-refractivity contribution in [1.29, 1.82) is 0 Å². The number of aromatic nitrogens is 1. The summed E-state index contributed by atoms with van der Waals surface area (Å²) in [5, 5.41) is -0.292. The molecule has 1 heterocycles. The first-order valence-electron chi connectivity index (χ1n) is 2.62. The lowest BCUT2D eigenvalue weighted by Crippen LogP contribution is -1.89. The Bertz CT molecular complexity index is 281. The van der Waals surface area contributed by atoms with E-state index < -0.39 is 5.24 Å². The predicted molar refractivity (Wildman–Crippen MR) is 51.7 cm³/mol. The second kappa shape index (κ2) is 4.87. The van der Waals surface area contributed by atoms with Gasteiger partial charge in [0, 0.05) is 5.56 Å². The molecule has 0 spiro atoms. The Balaban J connectivity index is 0.00000121. The highest BCUT2D eigenvalue weighted by Gasteiger charge is 2.04. The van der Waals surface area contributed by atoms with Gasteiger partial charge in [-0.3, -0.25) is 4.79 Å². The fourth-order valence-electron chi connectivity index (χ4n) is 0.578. The second-order valence-electron chi connectivity index (χ2n) is 1.77. The minimum absolute atomic E-state index is 0. The summed E-state index contributed by atoms with van der Waals surface area (Å²) in [6.45, 7) is 0. The number of hydrogen-bond donors (Lipinski definition) is 0. The van der Waals surface area contributed by atoms with E-state index in [9.17, 15) is 4.79 Å². The highest BCUT2D eigenvalue weighted by Crippen LogP contribution is 2.15. The smallest absolute Gasteiger partial charge is 0.252 e. The highest BCUT2D eigenvalue weighted by atomic mass is 35.5. The third-order valence-electron chi connectivity index (χ3n) is 0.990. The van der Waals surface area contributed by atoms with Crippen molar-refractivity contribution >= 4 is 52.5 Å². The maximum atomic E-state index is 10.6. The van der Waals surface area contributed by atoms with Crippen LogP contribution in [0.4, 0.5) is 0 Å². The van der Waals surface area contributed by atoms with Crippen LogP contribution in [0.15, 0.2) is 12.1 Å². The molecule has 1 rings (SSSR count). The number of carbonyl (C=O) groups is 1. The minimum Gasteiger partial charge on any atom is -0.276 e. The summed E-state index contributed by atoms with van der Waals surface area (Å²) in [5.41, 5.74) is 0.247. The lowest BCUT2D eigenvalue weighted by molar-refractivity contribution is 0.108. The van der Waals surface area contributed by atoms with Gasteiger partial charge in [0.1, 0.15) is 10.3 Å². The molecular formula is C6H3Cl4NO. The number of pyridine rings is 1. The van der Waals surface area contributed by atoms with Gasteiger partial charge in [0.2, 0.25) is 0 Å². The summed E-state index contributed by atoms with van der Waals surface area (Å²) in [4.78, 5) is 14.2. The third kappa shape index (κ3) is 3.15. The highest BCUT2D eigenvalue weighted by molar-refractivity contribution is 6.67. The molecule has 0 aliphatic heterocycles. The molecule has 6 heteroatoms. The minimum atomic E-state index is -0.601. The van der Waals surface area contributed by atoms with E-state index >= 15 is 0 Å². The number of nitrogens with zero attached hydrogens (tertiary/aromatic N) is 1. The van der Waals surface area contributed by atoms with Gasteiger partial charge in [0.05, 0.1) is 0 Å². The van der Waals surface area contributed by atoms with Gasteiger partial charge in [-0.05, 0) is 23.7 Å². The zero-order valence-corrected chi connectivity index (χ0v) is 8.64. The lowest BCUT2D eigenvalue weighted by atomic mass is 10.3. The molecule has 0 radical (unpaired) electrons. The van der Waals surface area contributed by atoms with Crippen molar-refractivity contribution in [2.75, 3.05) is 0 Å². The van der Waals surface area contributed by atoms with Crippen molar-refractivity contribution in [3.63, 3.8) is 0 Å². The van der Waals surface area contributed by atoms with Crippen LogP contribution in [-0.2, 0) is 0 Å². The van der Waals surface area contributed by atoms with Gasteiger partial charge in [0.15, 0.2) is 0 Å². The topological polar surface area (TPSA) is 30.0 Å². The van der Waals surface area contributed by atoms with E-state index in [0.717, 1.165) is 0 Å². The van der Waals surface area contributed by atoms with Crippen LogP contribution in [0.5, 0.6) is 0 Å². The molecule has 0 saturated carbocycles. The van der Waals surface area contributed by atoms with Gasteiger partial charge in [0.25, 0.3) is 5.24 Å². The molecule has 0 aliphatic carbocycles. The van der Waals surface area contributed by atoms with Crippen LogP contribution in [0.3, 0.4) is 0 Å². The van der Waals surface area contributed by atoms with Crippen LogP contribution in [0.1, 0.15) is 10.4 Å². The van der Waals surface area contributed by atoms with Crippen LogP contribution in [-0.4, -0.2) is 10.2 Å². The van der Waals surface area contributed by atoms with Gasteiger partial charge in [-0.2, -0.15) is 0 Å². The van der Waals surface area contributed by atoms with Crippen molar-refractivity contribution in [2.24, 2.45) is 0 Å². The second-order valence-corrected chi connectivity index (χ2v) is 2.89. The molecule has 0 unspecified atom stereocenters. The van der Waals surface area contributed by atoms with E-state index in [1.165, 1.54) is 12.1 Å². The quantitative estimate of drug-likeness (QED) is 0.563. The number of carbonyl (C=O) groups excluding carboxylic acids is 1. The average molecular weight is 247 g/mol. The van der Waals surface area contributed by atoms with Gasteiger partial charge < -0.3 is 0 Å². The van der Waals surface area contributed by atoms with Crippen molar-refractivity contribution in [1.82, 2.24) is 4.98 Å². The van der Waals surface area contributed by atoms with E-state index in [-0.39, 0.29) is 28.3 Å². The van der Waals surface area contributed by atoms with Crippen LogP contribution in [0.25, 0.3) is 0 Å². The molecule has 66 valence electrons. The first kappa shape index (κ1) is 12.0. The molecule has 2 nitrogen and oxygen atoms in total. The molecule has 0 aliphatic rings. The summed E-state index contributed by atoms with van der Waals surface area (Å²) >= 11 is 16.1. The molecule has 0 N–H and O–H groups in total. The van der Waals surface area contributed by atoms with Crippen LogP contribution in [0.2, 0.25) is 10.3 Å². The number of halogens is 4. The van der Waals surface area contributed by atoms with E-state index in [1.54, 1.807) is 0 Å². The van der Waals surface area contributed by atoms with E-state index in [0.29, 0.717) is 0 Å². The first-order valence-corrected chi connectivity index (χ1v) is 3.76. The summed E-state index contributed by atoms with van der Waals surface area (Å²) in [5.74, 6) is 0. The molecule has 0 fully saturated rings. The maximum absolute atomic E-state index is 10.6. The molecule has 1 aromatic heterocycles. The summed E-state index contributed by atoms with van der Waals surface area (Å²) < 4.78 is 0. The zero-order valence-electron chi connectivity index (χ0n) is 5.55. The SMILES string of the molecule is Cl.O=C(Cl)c1cc(Cl)nc(Cl)c1. The van der Waals surface area contributed by atoms with Crippen LogP contribution < -0.4 is 0 Å². The summed E-state index contributed by atoms with van der Waals surface area (Å²) in [6, 6.07) is 2.70. The lowest BCUT2D eigenvalue weighted by Gasteiger charge is -1.94. The molecule has 0 saturated heterocycles. The Morgan fingerprint density at radius 3 is 2.00 bits per heavy atom. The number of hydrogen-bond acceptors (Lipinski definition) is 2. The van der Waals surface area contributed by atoms with Crippen molar-refractivity contribution in [3.8, 4) is 0 Å². The fraction of sp³-hybridized carbons (Fsp3) is 0. The summed E-state index contributed by atoms with van der Waals surface area (Å²) in [7, 11) is 0. The molecule has 12 heavy (non-hydrogen) atoms. The fourth-order valence-corrected chi connectivity index (χ4v) is 1.15. The Hall–Kier alpha value is -0.0200. The van der Waals surface area contributed by atoms with Crippen LogP contribution >= 0.6 is 47.2 Å². The number of rotatable bonds is 1. The molecule has 1 aromatic rings. The largest absolute Gasteiger partial charge is 0.276 e. The molecule has 0 atom stereocenters. The zero-order chi connectivity index (χ0) is 8.43. The molecular weight excluding hydrogens is 244 g/mol. The third-order valence-corrected chi connectivity index (χ3v) is 1.60. The maximum Gasteiger partial charge on any atom is 0.252 e. The Morgan fingerprint density at radius 1 is 1.25 bits per heavy atom. The van der Waals surface area contributed by atoms with E-state index in [1.807, 2.05) is 0 Å². The van der Waals surface area contributed by atoms with Gasteiger partial charge >= 0.3 is 0 Å². The monoisotopic (exact) mass is 245 g/mol. The average Bonchev–Trinajstić information content (AvgIpc) is 1.85. The molecule has 0 bridgehead atoms. The Labute approximate surface area is 90.2 Å². The first-order chi connectivity index (χ1) is 5.09. The normalized spacial score (nSPS) is 8.92. The van der Waals surface area contributed by atoms with E-state index in [4.69, 9.17) is 34.8 Å². The standard InChI is InChI=1S/C6H2Cl3NO.ClH/c7-4-1-3(6(9)11)2-5(8)10-4;/h1-2H;1H. The Morgan fingerprint density at radius 2 is 1.67 bits per heavy atom. The van der Waals surface area contributed by atoms with Crippen molar-refractivity contribution < 1.29 is 4.79 Å². The van der Waals surface area contributed by atoms with E-state index in [2.05, 4.69) is 4.98 Å². The van der Waals surface area contributed by atoms with Crippen LogP contribution in [0, 0.1) is 0 Å². The van der Waals surface area contributed by atoms with Crippen molar-refractivity contribution in [2.45, 2.75) is 0 Å². The predicted octanol–water partition coefficient (Wildman–Crippen LogP) is 3.19. The van der Waals surface area contributed by atoms with Gasteiger partial charge in [-0.25, -0.2) is 4.98 Å². The Kier molecular flexibility index (Phi) is 4.87.